The summed E-state index contributed by atoms with van der Waals surface area (Å²) in [6.45, 7) is 17.1. The summed E-state index contributed by atoms with van der Waals surface area (Å²) >= 11 is 1.38. The van der Waals surface area contributed by atoms with Crippen LogP contribution in [0.3, 0.4) is 0 Å². The van der Waals surface area contributed by atoms with Gasteiger partial charge in [-0.15, -0.1) is 17.9 Å². The number of ketones is 1. The van der Waals surface area contributed by atoms with Gasteiger partial charge in [0.15, 0.2) is 0 Å². The smallest absolute Gasteiger partial charge is 0.408 e. The predicted molar refractivity (Wildman–Crippen MR) is 223 cm³/mol. The highest BCUT2D eigenvalue weighted by atomic mass is 32.1. The van der Waals surface area contributed by atoms with Crippen LogP contribution in [0.15, 0.2) is 36.2 Å². The van der Waals surface area contributed by atoms with Crippen LogP contribution in [-0.2, 0) is 30.3 Å². The zero-order valence-electron chi connectivity index (χ0n) is 35.3. The van der Waals surface area contributed by atoms with E-state index in [9.17, 15) is 29.1 Å². The Morgan fingerprint density at radius 3 is 2.37 bits per heavy atom. The molecule has 3 N–H and O–H groups in total. The fraction of sp³-hybridized carbons (Fsp3) is 0.568. The number of hydrogen-bond acceptors (Lipinski definition) is 11. The van der Waals surface area contributed by atoms with Crippen LogP contribution in [0.25, 0.3) is 22.3 Å². The molecule has 59 heavy (non-hydrogen) atoms. The van der Waals surface area contributed by atoms with Crippen molar-refractivity contribution in [3.63, 3.8) is 0 Å². The number of aryl methyl sites for hydroxylation is 1. The number of carboxylic acids is 1. The van der Waals surface area contributed by atoms with Crippen LogP contribution in [0.4, 0.5) is 4.79 Å². The lowest BCUT2D eigenvalue weighted by molar-refractivity contribution is -0.146. The third-order valence-corrected chi connectivity index (χ3v) is 12.2. The van der Waals surface area contributed by atoms with Crippen LogP contribution in [0.2, 0.25) is 0 Å². The van der Waals surface area contributed by atoms with Gasteiger partial charge in [0.2, 0.25) is 11.8 Å². The topological polar surface area (TPSA) is 186 Å². The van der Waals surface area contributed by atoms with E-state index in [0.717, 1.165) is 31.2 Å². The number of carbonyl (C=O) groups excluding carboxylic acids is 4. The first kappa shape index (κ1) is 43.5. The number of likely N-dealkylation sites (tertiary alicyclic amines) is 1. The van der Waals surface area contributed by atoms with E-state index in [1.54, 1.807) is 13.2 Å². The fourth-order valence-electron chi connectivity index (χ4n) is 8.16. The molecule has 3 aromatic rings. The van der Waals surface area contributed by atoms with Crippen LogP contribution in [0, 0.1) is 23.7 Å². The molecule has 2 saturated carbocycles. The van der Waals surface area contributed by atoms with E-state index < -0.39 is 58.9 Å². The molecule has 3 amide bonds. The maximum absolute atomic E-state index is 14.7. The quantitative estimate of drug-likeness (QED) is 0.145. The Bertz CT molecular complexity index is 2130. The first-order chi connectivity index (χ1) is 27.7. The average Bonchev–Trinajstić information content (AvgIpc) is 3.56. The summed E-state index contributed by atoms with van der Waals surface area (Å²) in [4.78, 5) is 78.4. The molecule has 2 aromatic heterocycles. The van der Waals surface area contributed by atoms with E-state index in [-0.39, 0.29) is 43.1 Å². The molecule has 5 atom stereocenters. The second-order valence-electron chi connectivity index (χ2n) is 18.4. The molecule has 0 bridgehead atoms. The maximum atomic E-state index is 14.7. The standard InChI is InChI=1S/C44H57N5O9S/c1-10-25-20-44(25,40(53)54)48-38(51)32-18-28(22-49(32)39(52)37(43(6,7)8)47-41(55)58-27-13-11-12-14-27)57-34-19-30(46-36-24(2)33(56-9)16-15-29(34)36)31-23-59-35(45-31)17-26(50)21-42(3,4)5/h10,15-16,19,23,25,27-28,32,37H,1,11-14,17-18,20-22H2,2-9H3,(H,47,55)(H,48,51)(H,53,54)/t25-,28-,32+,37-,44-/m1/s1. The minimum absolute atomic E-state index is 0.0282. The molecule has 15 heteroatoms. The van der Waals surface area contributed by atoms with Crippen molar-refractivity contribution in [1.29, 1.82) is 0 Å². The second-order valence-corrected chi connectivity index (χ2v) is 19.4. The number of carbonyl (C=O) groups is 5. The van der Waals surface area contributed by atoms with Crippen LogP contribution in [0.1, 0.15) is 97.1 Å². The Kier molecular flexibility index (Phi) is 12.5. The molecule has 3 aliphatic rings. The van der Waals surface area contributed by atoms with Crippen molar-refractivity contribution in [1.82, 2.24) is 25.5 Å². The Morgan fingerprint density at radius 1 is 1.05 bits per heavy atom. The van der Waals surface area contributed by atoms with Gasteiger partial charge in [-0.2, -0.15) is 0 Å². The van der Waals surface area contributed by atoms with Crippen molar-refractivity contribution in [3.05, 3.63) is 46.8 Å². The number of nitrogens with zero attached hydrogens (tertiary/aromatic N) is 3. The van der Waals surface area contributed by atoms with Crippen molar-refractivity contribution in [2.24, 2.45) is 16.7 Å². The molecule has 0 spiro atoms. The Labute approximate surface area is 349 Å². The van der Waals surface area contributed by atoms with Gasteiger partial charge in [-0.05, 0) is 62.0 Å². The molecule has 14 nitrogen and oxygen atoms in total. The van der Waals surface area contributed by atoms with Gasteiger partial charge in [-0.3, -0.25) is 14.4 Å². The van der Waals surface area contributed by atoms with Crippen LogP contribution >= 0.6 is 11.3 Å². The number of alkyl carbamates (subject to hydrolysis) is 1. The van der Waals surface area contributed by atoms with Gasteiger partial charge >= 0.3 is 12.1 Å². The van der Waals surface area contributed by atoms with Gasteiger partial charge in [-0.1, -0.05) is 47.6 Å². The number of ether oxygens (including phenoxy) is 3. The van der Waals surface area contributed by atoms with E-state index in [1.165, 1.54) is 22.3 Å². The van der Waals surface area contributed by atoms with Crippen molar-refractivity contribution >= 4 is 51.9 Å². The number of aromatic nitrogens is 2. The summed E-state index contributed by atoms with van der Waals surface area (Å²) in [6, 6.07) is 3.20. The molecule has 0 unspecified atom stereocenters. The van der Waals surface area contributed by atoms with Crippen molar-refractivity contribution in [3.8, 4) is 22.9 Å². The summed E-state index contributed by atoms with van der Waals surface area (Å²) in [6.07, 6.45) is 4.10. The second kappa shape index (κ2) is 16.9. The van der Waals surface area contributed by atoms with Gasteiger partial charge in [0.1, 0.15) is 57.8 Å². The van der Waals surface area contributed by atoms with Gasteiger partial charge in [0, 0.05) is 41.2 Å². The molecule has 3 fully saturated rings. The number of amides is 3. The summed E-state index contributed by atoms with van der Waals surface area (Å²) in [5.74, 6) is -1.69. The van der Waals surface area contributed by atoms with E-state index in [0.29, 0.717) is 45.2 Å². The van der Waals surface area contributed by atoms with Crippen molar-refractivity contribution < 1.29 is 43.3 Å². The third-order valence-electron chi connectivity index (χ3n) is 11.4. The number of carboxylic acid groups (broad SMARTS) is 1. The number of rotatable bonds is 14. The molecule has 1 saturated heterocycles. The number of methoxy groups -OCH3 is 1. The highest BCUT2D eigenvalue weighted by Crippen LogP contribution is 2.45. The number of nitrogens with one attached hydrogen (secondary N) is 2. The first-order valence-electron chi connectivity index (χ1n) is 20.3. The average molecular weight is 832 g/mol. The largest absolute Gasteiger partial charge is 0.496 e. The minimum atomic E-state index is -1.53. The molecule has 1 aliphatic heterocycles. The zero-order valence-corrected chi connectivity index (χ0v) is 36.1. The Balaban J connectivity index is 1.33. The normalized spacial score (nSPS) is 22.4. The van der Waals surface area contributed by atoms with E-state index >= 15 is 0 Å². The fourth-order valence-corrected chi connectivity index (χ4v) is 8.98. The molecule has 1 aromatic carbocycles. The van der Waals surface area contributed by atoms with Gasteiger partial charge in [0.25, 0.3) is 0 Å². The first-order valence-corrected chi connectivity index (χ1v) is 21.2. The summed E-state index contributed by atoms with van der Waals surface area (Å²) in [5.41, 5.74) is -0.0519. The van der Waals surface area contributed by atoms with Crippen molar-refractivity contribution in [2.75, 3.05) is 13.7 Å². The SMILES string of the molecule is C=C[C@@H]1C[C@]1(NC(=O)[C@@H]1C[C@@H](Oc2cc(-c3csc(CC(=O)CC(C)(C)C)n3)nc3c(C)c(OC)ccc23)CN1C(=O)[C@@H](NC(=O)OC1CCCC1)C(C)(C)C)C(=O)O. The number of hydrogen-bond donors (Lipinski definition) is 3. The Morgan fingerprint density at radius 2 is 1.76 bits per heavy atom. The number of Topliss-reactive ketones (excluding diaryl/α,β-unsaturated/α-hetero) is 1. The van der Waals surface area contributed by atoms with Crippen LogP contribution < -0.4 is 20.1 Å². The van der Waals surface area contributed by atoms with E-state index in [4.69, 9.17) is 24.2 Å². The van der Waals surface area contributed by atoms with Crippen molar-refractivity contribution in [2.45, 2.75) is 130 Å². The molecule has 0 radical (unpaired) electrons. The Hall–Kier alpha value is -5.05. The number of thiazole rings is 1. The van der Waals surface area contributed by atoms with Gasteiger partial charge in [-0.25, -0.2) is 19.6 Å². The summed E-state index contributed by atoms with van der Waals surface area (Å²) < 4.78 is 18.1. The lowest BCUT2D eigenvalue weighted by Crippen LogP contribution is -2.59. The minimum Gasteiger partial charge on any atom is -0.496 e. The van der Waals surface area contributed by atoms with Crippen LogP contribution in [-0.4, -0.2) is 93.1 Å². The monoisotopic (exact) mass is 831 g/mol. The lowest BCUT2D eigenvalue weighted by Gasteiger charge is -2.35. The molecule has 2 aliphatic carbocycles. The maximum Gasteiger partial charge on any atom is 0.408 e. The number of benzene rings is 1. The molecular weight excluding hydrogens is 775 g/mol. The highest BCUT2D eigenvalue weighted by molar-refractivity contribution is 7.10. The number of pyridine rings is 1. The highest BCUT2D eigenvalue weighted by Gasteiger charge is 2.61. The van der Waals surface area contributed by atoms with E-state index in [2.05, 4.69) is 17.2 Å². The molecule has 3 heterocycles. The van der Waals surface area contributed by atoms with Crippen LogP contribution in [0.5, 0.6) is 11.5 Å². The molecular formula is C44H57N5O9S. The number of fused-ring (bicyclic) bond motifs is 1. The molecule has 6 rings (SSSR count). The third kappa shape index (κ3) is 9.71. The summed E-state index contributed by atoms with van der Waals surface area (Å²) in [5, 5.41) is 18.8. The van der Waals surface area contributed by atoms with E-state index in [1.807, 2.05) is 66.0 Å². The number of aliphatic carboxylic acids is 1. The lowest BCUT2D eigenvalue weighted by atomic mass is 9.85. The predicted octanol–water partition coefficient (Wildman–Crippen LogP) is 6.80. The zero-order chi connectivity index (χ0) is 43.0. The van der Waals surface area contributed by atoms with Gasteiger partial charge in [0.05, 0.1) is 31.3 Å². The van der Waals surface area contributed by atoms with Gasteiger partial charge < -0.3 is 34.9 Å². The summed E-state index contributed by atoms with van der Waals surface area (Å²) in [7, 11) is 1.58. The molecule has 318 valence electrons.